The topological polar surface area (TPSA) is 119 Å². The Labute approximate surface area is 212 Å². The van der Waals surface area contributed by atoms with Crippen molar-refractivity contribution in [2.75, 3.05) is 0 Å². The molecular weight excluding hydrogens is 478 g/mol. The highest BCUT2D eigenvalue weighted by molar-refractivity contribution is 6.02. The van der Waals surface area contributed by atoms with Crippen molar-refractivity contribution in [1.29, 1.82) is 10.7 Å². The van der Waals surface area contributed by atoms with Gasteiger partial charge in [0.15, 0.2) is 5.76 Å². The van der Waals surface area contributed by atoms with Crippen molar-refractivity contribution in [3.8, 4) is 17.2 Å². The first kappa shape index (κ1) is 24.6. The zero-order valence-corrected chi connectivity index (χ0v) is 20.1. The average molecular weight is 505 g/mol. The van der Waals surface area contributed by atoms with Crippen molar-refractivity contribution in [3.05, 3.63) is 59.9 Å². The largest absolute Gasteiger partial charge is 0.451 e. The summed E-state index contributed by atoms with van der Waals surface area (Å²) in [5.41, 5.74) is -0.499. The van der Waals surface area contributed by atoms with E-state index in [9.17, 15) is 23.6 Å². The van der Waals surface area contributed by atoms with Gasteiger partial charge in [-0.3, -0.25) is 15.0 Å². The van der Waals surface area contributed by atoms with Crippen LogP contribution in [0, 0.1) is 16.7 Å². The van der Waals surface area contributed by atoms with Crippen molar-refractivity contribution in [3.63, 3.8) is 0 Å². The van der Waals surface area contributed by atoms with Crippen LogP contribution in [0.2, 0.25) is 0 Å². The highest BCUT2D eigenvalue weighted by Crippen LogP contribution is 2.37. The molecule has 0 spiro atoms. The van der Waals surface area contributed by atoms with Gasteiger partial charge in [-0.05, 0) is 48.9 Å². The van der Waals surface area contributed by atoms with Crippen molar-refractivity contribution in [2.24, 2.45) is 0 Å². The molecule has 1 heterocycles. The summed E-state index contributed by atoms with van der Waals surface area (Å²) in [5, 5.41) is 23.3. The van der Waals surface area contributed by atoms with Crippen molar-refractivity contribution in [1.82, 2.24) is 10.6 Å². The number of carbonyl (C=O) groups excluding carboxylic acids is 2. The molecule has 2 aliphatic carbocycles. The molecule has 0 radical (unpaired) electrons. The standard InChI is InChI=1S/C28H26F2N4O3/c29-24(30)23(32)18-6-4-17(5-7-18)19-8-9-20-15-22(37-21(20)14-19)25(35)33-28(10-2-1-3-11-28)26(36)34-27(16-31)12-13-27/h4-9,14-15,24,32H,1-3,10-13H2,(H,33,35)(H,34,36). The Morgan fingerprint density at radius 1 is 0.946 bits per heavy atom. The number of alkyl halides is 2. The number of rotatable bonds is 7. The van der Waals surface area contributed by atoms with E-state index in [1.165, 1.54) is 12.1 Å². The molecule has 3 N–H and O–H groups in total. The lowest BCUT2D eigenvalue weighted by atomic mass is 9.80. The Balaban J connectivity index is 1.36. The van der Waals surface area contributed by atoms with Gasteiger partial charge < -0.3 is 15.1 Å². The maximum Gasteiger partial charge on any atom is 0.287 e. The first-order valence-corrected chi connectivity index (χ1v) is 12.3. The fourth-order valence-corrected chi connectivity index (χ4v) is 4.86. The fourth-order valence-electron chi connectivity index (χ4n) is 4.86. The summed E-state index contributed by atoms with van der Waals surface area (Å²) in [6, 6.07) is 15.4. The van der Waals surface area contributed by atoms with Crippen molar-refractivity contribution >= 4 is 28.5 Å². The van der Waals surface area contributed by atoms with Crippen LogP contribution in [0.15, 0.2) is 52.9 Å². The molecule has 37 heavy (non-hydrogen) atoms. The van der Waals surface area contributed by atoms with Gasteiger partial charge in [0.2, 0.25) is 5.91 Å². The average Bonchev–Trinajstić information content (AvgIpc) is 3.55. The molecule has 0 bridgehead atoms. The Bertz CT molecular complexity index is 1410. The van der Waals surface area contributed by atoms with E-state index in [2.05, 4.69) is 16.7 Å². The number of furan rings is 1. The van der Waals surface area contributed by atoms with Crippen LogP contribution in [-0.4, -0.2) is 35.0 Å². The number of carbonyl (C=O) groups is 2. The van der Waals surface area contributed by atoms with E-state index in [1.807, 2.05) is 6.07 Å². The number of nitrogens with one attached hydrogen (secondary N) is 3. The Hall–Kier alpha value is -4.06. The van der Waals surface area contributed by atoms with Crippen LogP contribution < -0.4 is 10.6 Å². The van der Waals surface area contributed by atoms with Crippen LogP contribution >= 0.6 is 0 Å². The van der Waals surface area contributed by atoms with Gasteiger partial charge in [-0.25, -0.2) is 8.78 Å². The van der Waals surface area contributed by atoms with Crippen LogP contribution in [0.1, 0.15) is 61.1 Å². The maximum absolute atomic E-state index is 13.2. The molecule has 0 aliphatic heterocycles. The molecule has 5 rings (SSSR count). The number of amides is 2. The molecule has 2 amide bonds. The lowest BCUT2D eigenvalue weighted by molar-refractivity contribution is -0.129. The van der Waals surface area contributed by atoms with E-state index in [4.69, 9.17) is 9.83 Å². The minimum absolute atomic E-state index is 0.0760. The van der Waals surface area contributed by atoms with Gasteiger partial charge in [-0.15, -0.1) is 0 Å². The van der Waals surface area contributed by atoms with Crippen LogP contribution in [0.25, 0.3) is 22.1 Å². The molecule has 0 atom stereocenters. The molecular formula is C28H26F2N4O3. The summed E-state index contributed by atoms with van der Waals surface area (Å²) < 4.78 is 31.4. The number of benzene rings is 2. The van der Waals surface area contributed by atoms with Gasteiger partial charge in [0.1, 0.15) is 22.4 Å². The van der Waals surface area contributed by atoms with Gasteiger partial charge in [-0.2, -0.15) is 5.26 Å². The molecule has 2 saturated carbocycles. The third kappa shape index (κ3) is 4.84. The third-order valence-electron chi connectivity index (χ3n) is 7.30. The van der Waals surface area contributed by atoms with E-state index in [-0.39, 0.29) is 17.2 Å². The maximum atomic E-state index is 13.2. The number of hydrogen-bond donors (Lipinski definition) is 3. The molecule has 9 heteroatoms. The molecule has 3 aromatic rings. The number of hydrogen-bond acceptors (Lipinski definition) is 5. The molecule has 0 saturated heterocycles. The van der Waals surface area contributed by atoms with E-state index >= 15 is 0 Å². The normalized spacial score (nSPS) is 17.7. The van der Waals surface area contributed by atoms with Gasteiger partial charge >= 0.3 is 0 Å². The van der Waals surface area contributed by atoms with Crippen LogP contribution in [0.4, 0.5) is 8.78 Å². The lowest BCUT2D eigenvalue weighted by Gasteiger charge is -2.37. The first-order valence-electron chi connectivity index (χ1n) is 12.3. The highest BCUT2D eigenvalue weighted by Gasteiger charge is 2.50. The summed E-state index contributed by atoms with van der Waals surface area (Å²) in [7, 11) is 0. The predicted molar refractivity (Wildman–Crippen MR) is 133 cm³/mol. The monoisotopic (exact) mass is 504 g/mol. The molecule has 2 fully saturated rings. The van der Waals surface area contributed by atoms with Crippen molar-refractivity contribution < 1.29 is 22.8 Å². The molecule has 7 nitrogen and oxygen atoms in total. The van der Waals surface area contributed by atoms with E-state index in [0.717, 1.165) is 30.4 Å². The molecule has 1 aromatic heterocycles. The number of nitrogens with zero attached hydrogens (tertiary/aromatic N) is 1. The van der Waals surface area contributed by atoms with Gasteiger partial charge in [0.05, 0.1) is 6.07 Å². The van der Waals surface area contributed by atoms with Crippen LogP contribution in [0.5, 0.6) is 0 Å². The molecule has 2 aliphatic rings. The third-order valence-corrected chi connectivity index (χ3v) is 7.30. The second kappa shape index (κ2) is 9.43. The zero-order valence-electron chi connectivity index (χ0n) is 20.1. The minimum Gasteiger partial charge on any atom is -0.451 e. The highest BCUT2D eigenvalue weighted by atomic mass is 19.3. The number of nitriles is 1. The van der Waals surface area contributed by atoms with Gasteiger partial charge in [0.25, 0.3) is 12.3 Å². The number of halogens is 2. The SMILES string of the molecule is N#CC1(NC(=O)C2(NC(=O)c3cc4ccc(-c5ccc(C(=N)C(F)F)cc5)cc4o3)CCCCC2)CC1. The Kier molecular flexibility index (Phi) is 6.28. The second-order valence-corrected chi connectivity index (χ2v) is 9.90. The van der Waals surface area contributed by atoms with Gasteiger partial charge in [-0.1, -0.05) is 55.7 Å². The van der Waals surface area contributed by atoms with Crippen LogP contribution in [0.3, 0.4) is 0 Å². The summed E-state index contributed by atoms with van der Waals surface area (Å²) in [6.07, 6.45) is 1.95. The smallest absolute Gasteiger partial charge is 0.287 e. The van der Waals surface area contributed by atoms with E-state index in [1.54, 1.807) is 30.3 Å². The molecule has 0 unspecified atom stereocenters. The second-order valence-electron chi connectivity index (χ2n) is 9.90. The summed E-state index contributed by atoms with van der Waals surface area (Å²) in [4.78, 5) is 26.4. The first-order chi connectivity index (χ1) is 17.7. The minimum atomic E-state index is -2.84. The van der Waals surface area contributed by atoms with Crippen molar-refractivity contribution in [2.45, 2.75) is 62.4 Å². The fraction of sp³-hybridized carbons (Fsp3) is 0.357. The van der Waals surface area contributed by atoms with Crippen LogP contribution in [-0.2, 0) is 4.79 Å². The summed E-state index contributed by atoms with van der Waals surface area (Å²) in [6.45, 7) is 0. The predicted octanol–water partition coefficient (Wildman–Crippen LogP) is 5.34. The summed E-state index contributed by atoms with van der Waals surface area (Å²) in [5.74, 6) is -0.736. The molecule has 2 aromatic carbocycles. The quantitative estimate of drug-likeness (QED) is 0.376. The lowest BCUT2D eigenvalue weighted by Crippen LogP contribution is -2.61. The Morgan fingerprint density at radius 3 is 2.24 bits per heavy atom. The van der Waals surface area contributed by atoms with E-state index < -0.39 is 29.1 Å². The molecule has 190 valence electrons. The van der Waals surface area contributed by atoms with Gasteiger partial charge in [0, 0.05) is 10.9 Å². The van der Waals surface area contributed by atoms with E-state index in [0.29, 0.717) is 36.7 Å². The number of fused-ring (bicyclic) bond motifs is 1. The summed E-state index contributed by atoms with van der Waals surface area (Å²) >= 11 is 0. The Morgan fingerprint density at radius 2 is 1.62 bits per heavy atom. The zero-order chi connectivity index (χ0) is 26.2.